The van der Waals surface area contributed by atoms with Crippen LogP contribution < -0.4 is 4.74 Å². The zero-order valence-electron chi connectivity index (χ0n) is 19.1. The molecule has 4 rings (SSSR count). The van der Waals surface area contributed by atoms with Crippen molar-refractivity contribution < 1.29 is 9.84 Å². The summed E-state index contributed by atoms with van der Waals surface area (Å²) >= 11 is 5.43. The Morgan fingerprint density at radius 2 is 1.81 bits per heavy atom. The van der Waals surface area contributed by atoms with E-state index in [2.05, 4.69) is 77.1 Å². The summed E-state index contributed by atoms with van der Waals surface area (Å²) in [7, 11) is 0. The van der Waals surface area contributed by atoms with Crippen LogP contribution in [0.4, 0.5) is 0 Å². The minimum absolute atomic E-state index is 0. The van der Waals surface area contributed by atoms with Crippen LogP contribution in [0.5, 0.6) is 5.75 Å². The minimum Gasteiger partial charge on any atom is -0.475 e. The molecule has 1 N–H and O–H groups in total. The molecule has 6 heteroatoms. The van der Waals surface area contributed by atoms with Crippen LogP contribution in [0.15, 0.2) is 51.8 Å². The van der Waals surface area contributed by atoms with Crippen LogP contribution in [0.25, 0.3) is 0 Å². The van der Waals surface area contributed by atoms with Gasteiger partial charge in [0.1, 0.15) is 5.75 Å². The van der Waals surface area contributed by atoms with Gasteiger partial charge in [0.15, 0.2) is 4.93 Å². The highest BCUT2D eigenvalue weighted by atomic mass is 79.9. The standard InChI is InChI=1S/C26H34BrNO2S.ClH/c1-3-15-26(16-4-2)30-24-14-8-20(17-25(24)31-26)23-13-12-22(28(23)18-29)11-7-19-5-9-21(27)10-6-19;/h5-6,8-10,14,17,22-23,29H,3-4,7,11-13,15-16,18H2,1-2H3;1H. The normalized spacial score (nSPS) is 21.8. The van der Waals surface area contributed by atoms with Crippen molar-refractivity contribution in [3.05, 3.63) is 58.1 Å². The molecule has 0 aromatic heterocycles. The van der Waals surface area contributed by atoms with Crippen molar-refractivity contribution in [1.29, 1.82) is 0 Å². The number of fused-ring (bicyclic) bond motifs is 1. The largest absolute Gasteiger partial charge is 0.475 e. The zero-order valence-corrected chi connectivity index (χ0v) is 22.3. The number of aliphatic hydroxyl groups is 1. The van der Waals surface area contributed by atoms with E-state index in [9.17, 15) is 5.11 Å². The van der Waals surface area contributed by atoms with Gasteiger partial charge in [0, 0.05) is 16.6 Å². The van der Waals surface area contributed by atoms with Gasteiger partial charge in [-0.15, -0.1) is 12.4 Å². The molecule has 0 aliphatic carbocycles. The Balaban J connectivity index is 0.00000289. The summed E-state index contributed by atoms with van der Waals surface area (Å²) in [6, 6.07) is 16.0. The highest BCUT2D eigenvalue weighted by molar-refractivity contribution is 9.10. The van der Waals surface area contributed by atoms with Crippen LogP contribution in [-0.4, -0.2) is 27.7 Å². The number of aliphatic hydroxyl groups excluding tert-OH is 1. The van der Waals surface area contributed by atoms with Crippen molar-refractivity contribution in [3.8, 4) is 5.75 Å². The van der Waals surface area contributed by atoms with Gasteiger partial charge >= 0.3 is 0 Å². The quantitative estimate of drug-likeness (QED) is 0.352. The molecule has 1 saturated heterocycles. The molecule has 2 heterocycles. The summed E-state index contributed by atoms with van der Waals surface area (Å²) in [5, 5.41) is 10.2. The fourth-order valence-corrected chi connectivity index (χ4v) is 7.03. The Morgan fingerprint density at radius 1 is 1.09 bits per heavy atom. The van der Waals surface area contributed by atoms with Gasteiger partial charge in [0.25, 0.3) is 0 Å². The second-order valence-electron chi connectivity index (χ2n) is 8.89. The lowest BCUT2D eigenvalue weighted by Crippen LogP contribution is -2.32. The number of rotatable bonds is 9. The topological polar surface area (TPSA) is 32.7 Å². The third kappa shape index (κ3) is 5.67. The van der Waals surface area contributed by atoms with E-state index >= 15 is 0 Å². The monoisotopic (exact) mass is 539 g/mol. The fraction of sp³-hybridized carbons (Fsp3) is 0.538. The summed E-state index contributed by atoms with van der Waals surface area (Å²) in [6.07, 6.45) is 8.80. The number of hydrogen-bond donors (Lipinski definition) is 1. The Labute approximate surface area is 211 Å². The number of halogens is 2. The van der Waals surface area contributed by atoms with E-state index in [-0.39, 0.29) is 30.1 Å². The van der Waals surface area contributed by atoms with Crippen LogP contribution in [0.2, 0.25) is 0 Å². The molecule has 3 nitrogen and oxygen atoms in total. The molecule has 0 amide bonds. The van der Waals surface area contributed by atoms with Crippen LogP contribution >= 0.6 is 40.1 Å². The lowest BCUT2D eigenvalue weighted by Gasteiger charge is -2.28. The van der Waals surface area contributed by atoms with Crippen LogP contribution in [0.1, 0.15) is 76.0 Å². The molecule has 32 heavy (non-hydrogen) atoms. The highest BCUT2D eigenvalue weighted by Gasteiger charge is 2.40. The molecule has 2 aromatic carbocycles. The van der Waals surface area contributed by atoms with Crippen molar-refractivity contribution in [2.24, 2.45) is 0 Å². The zero-order chi connectivity index (χ0) is 21.8. The summed E-state index contributed by atoms with van der Waals surface area (Å²) in [4.78, 5) is 3.48. The van der Waals surface area contributed by atoms with Gasteiger partial charge in [0.05, 0.1) is 11.6 Å². The third-order valence-electron chi connectivity index (χ3n) is 6.69. The second-order valence-corrected chi connectivity index (χ2v) is 11.2. The first-order valence-electron chi connectivity index (χ1n) is 11.7. The molecule has 0 spiro atoms. The molecule has 176 valence electrons. The Hall–Kier alpha value is -0.720. The van der Waals surface area contributed by atoms with Gasteiger partial charge in [-0.1, -0.05) is 72.6 Å². The molecule has 0 bridgehead atoms. The van der Waals surface area contributed by atoms with E-state index in [0.29, 0.717) is 6.04 Å². The number of benzene rings is 2. The second kappa shape index (κ2) is 11.6. The molecule has 0 radical (unpaired) electrons. The average molecular weight is 541 g/mol. The summed E-state index contributed by atoms with van der Waals surface area (Å²) in [5.74, 6) is 1.04. The maximum absolute atomic E-state index is 10.2. The van der Waals surface area contributed by atoms with E-state index in [0.717, 1.165) is 61.6 Å². The molecule has 1 fully saturated rings. The van der Waals surface area contributed by atoms with Gasteiger partial charge in [-0.2, -0.15) is 0 Å². The van der Waals surface area contributed by atoms with Crippen LogP contribution in [-0.2, 0) is 6.42 Å². The molecule has 2 aliphatic rings. The lowest BCUT2D eigenvalue weighted by molar-refractivity contribution is 0.0596. The lowest BCUT2D eigenvalue weighted by atomic mass is 10.0. The fourth-order valence-electron chi connectivity index (χ4n) is 5.21. The Bertz CT molecular complexity index is 873. The number of hydrogen-bond acceptors (Lipinski definition) is 4. The van der Waals surface area contributed by atoms with Crippen LogP contribution in [0, 0.1) is 0 Å². The van der Waals surface area contributed by atoms with Crippen molar-refractivity contribution in [3.63, 3.8) is 0 Å². The molecular weight excluding hydrogens is 506 g/mol. The van der Waals surface area contributed by atoms with Crippen LogP contribution in [0.3, 0.4) is 0 Å². The molecule has 2 aliphatic heterocycles. The number of aryl methyl sites for hydroxylation is 1. The minimum atomic E-state index is -0.0932. The van der Waals surface area contributed by atoms with E-state index in [1.165, 1.54) is 16.0 Å². The molecule has 2 aromatic rings. The SMILES string of the molecule is CCCC1(CCC)Oc2ccc(C3CCC(CCc4ccc(Br)cc4)N3CO)cc2S1.Cl. The van der Waals surface area contributed by atoms with Gasteiger partial charge < -0.3 is 9.84 Å². The number of nitrogens with zero attached hydrogens (tertiary/aromatic N) is 1. The molecule has 0 saturated carbocycles. The van der Waals surface area contributed by atoms with E-state index in [1.54, 1.807) is 0 Å². The first kappa shape index (κ1) is 25.9. The number of thioether (sulfide) groups is 1. The summed E-state index contributed by atoms with van der Waals surface area (Å²) < 4.78 is 7.58. The Kier molecular flexibility index (Phi) is 9.40. The maximum Gasteiger partial charge on any atom is 0.159 e. The first-order valence-corrected chi connectivity index (χ1v) is 13.3. The predicted molar refractivity (Wildman–Crippen MR) is 140 cm³/mol. The number of likely N-dealkylation sites (tertiary alicyclic amines) is 1. The van der Waals surface area contributed by atoms with Gasteiger partial charge in [0.2, 0.25) is 0 Å². The van der Waals surface area contributed by atoms with Gasteiger partial charge in [-0.3, -0.25) is 4.90 Å². The third-order valence-corrected chi connectivity index (χ3v) is 8.62. The summed E-state index contributed by atoms with van der Waals surface area (Å²) in [5.41, 5.74) is 2.68. The molecular formula is C26H35BrClNO2S. The van der Waals surface area contributed by atoms with Crippen molar-refractivity contribution in [2.45, 2.75) is 87.1 Å². The van der Waals surface area contributed by atoms with Gasteiger partial charge in [-0.05, 0) is 73.9 Å². The smallest absolute Gasteiger partial charge is 0.159 e. The van der Waals surface area contributed by atoms with E-state index < -0.39 is 0 Å². The van der Waals surface area contributed by atoms with Gasteiger partial charge in [-0.25, -0.2) is 0 Å². The maximum atomic E-state index is 10.2. The average Bonchev–Trinajstić information content (AvgIpc) is 3.33. The van der Waals surface area contributed by atoms with E-state index in [4.69, 9.17) is 4.74 Å². The molecule has 2 atom stereocenters. The molecule has 2 unspecified atom stereocenters. The highest BCUT2D eigenvalue weighted by Crippen LogP contribution is 2.53. The number of ether oxygens (including phenoxy) is 1. The van der Waals surface area contributed by atoms with Crippen molar-refractivity contribution >= 4 is 40.1 Å². The predicted octanol–water partition coefficient (Wildman–Crippen LogP) is 7.74. The Morgan fingerprint density at radius 3 is 2.47 bits per heavy atom. The van der Waals surface area contributed by atoms with Crippen molar-refractivity contribution in [1.82, 2.24) is 4.90 Å². The summed E-state index contributed by atoms with van der Waals surface area (Å²) in [6.45, 7) is 4.59. The first-order chi connectivity index (χ1) is 15.1. The van der Waals surface area contributed by atoms with E-state index in [1.807, 2.05) is 11.8 Å². The van der Waals surface area contributed by atoms with Crippen molar-refractivity contribution in [2.75, 3.05) is 6.73 Å².